The summed E-state index contributed by atoms with van der Waals surface area (Å²) < 4.78 is 19.2. The maximum atomic E-state index is 7.58. The predicted molar refractivity (Wildman–Crippen MR) is 193 cm³/mol. The van der Waals surface area contributed by atoms with E-state index in [1.807, 2.05) is 12.1 Å². The van der Waals surface area contributed by atoms with Gasteiger partial charge in [-0.15, -0.1) is 0 Å². The van der Waals surface area contributed by atoms with Crippen molar-refractivity contribution in [3.05, 3.63) is 155 Å². The van der Waals surface area contributed by atoms with Gasteiger partial charge in [0, 0.05) is 21.9 Å². The molecule has 0 N–H and O–H groups in total. The van der Waals surface area contributed by atoms with Gasteiger partial charge in [0.25, 0.3) is 0 Å². The molecular weight excluding hydrogens is 576 g/mol. The van der Waals surface area contributed by atoms with Crippen molar-refractivity contribution < 1.29 is 14.2 Å². The Bertz CT molecular complexity index is 2430. The molecule has 0 aromatic heterocycles. The van der Waals surface area contributed by atoms with E-state index in [-0.39, 0.29) is 5.41 Å². The summed E-state index contributed by atoms with van der Waals surface area (Å²) in [6, 6.07) is 43.4. The zero-order valence-electron chi connectivity index (χ0n) is 26.9. The van der Waals surface area contributed by atoms with Crippen molar-refractivity contribution in [3.63, 3.8) is 0 Å². The average Bonchev–Trinajstić information content (AvgIpc) is 3.36. The fourth-order valence-corrected chi connectivity index (χ4v) is 8.10. The van der Waals surface area contributed by atoms with Crippen LogP contribution in [0.15, 0.2) is 127 Å². The van der Waals surface area contributed by atoms with Crippen LogP contribution in [0, 0.1) is 0 Å². The Kier molecular flexibility index (Phi) is 5.89. The maximum absolute atomic E-state index is 7.58. The highest BCUT2D eigenvalue weighted by atomic mass is 16.5. The molecule has 7 aromatic carbocycles. The van der Waals surface area contributed by atoms with Crippen molar-refractivity contribution in [2.75, 3.05) is 14.2 Å². The van der Waals surface area contributed by atoms with Crippen molar-refractivity contribution in [1.82, 2.24) is 0 Å². The van der Waals surface area contributed by atoms with E-state index in [2.05, 4.69) is 135 Å². The number of methoxy groups -OCH3 is 2. The zero-order chi connectivity index (χ0) is 31.9. The summed E-state index contributed by atoms with van der Waals surface area (Å²) in [5, 5.41) is 6.95. The number of benzene rings is 7. The lowest BCUT2D eigenvalue weighted by Gasteiger charge is -2.38. The van der Waals surface area contributed by atoms with Gasteiger partial charge in [-0.25, -0.2) is 0 Å². The van der Waals surface area contributed by atoms with Gasteiger partial charge in [-0.3, -0.25) is 0 Å². The molecule has 9 rings (SSSR count). The van der Waals surface area contributed by atoms with Crippen LogP contribution in [-0.2, 0) is 11.0 Å². The molecule has 3 nitrogen and oxygen atoms in total. The summed E-state index contributed by atoms with van der Waals surface area (Å²) in [5.41, 5.74) is 7.22. The molecule has 228 valence electrons. The normalized spacial score (nSPS) is 17.3. The Morgan fingerprint density at radius 3 is 1.89 bits per heavy atom. The quantitative estimate of drug-likeness (QED) is 0.186. The first kappa shape index (κ1) is 27.7. The Morgan fingerprint density at radius 1 is 0.553 bits per heavy atom. The number of hydrogen-bond donors (Lipinski definition) is 0. The van der Waals surface area contributed by atoms with E-state index < -0.39 is 5.60 Å². The van der Waals surface area contributed by atoms with E-state index >= 15 is 0 Å². The molecule has 1 heterocycles. The van der Waals surface area contributed by atoms with E-state index in [4.69, 9.17) is 14.2 Å². The van der Waals surface area contributed by atoms with E-state index in [0.29, 0.717) is 0 Å². The number of rotatable bonds is 4. The fourth-order valence-electron chi connectivity index (χ4n) is 8.10. The molecule has 0 radical (unpaired) electrons. The molecule has 3 heteroatoms. The van der Waals surface area contributed by atoms with Crippen molar-refractivity contribution >= 4 is 38.4 Å². The third kappa shape index (κ3) is 3.80. The molecule has 2 aliphatic rings. The Hall–Kier alpha value is -5.54. The summed E-state index contributed by atoms with van der Waals surface area (Å²) in [5.74, 6) is 2.42. The number of fused-ring (bicyclic) bond motifs is 11. The fraction of sp³-hybridized carbons (Fsp3) is 0.136. The largest absolute Gasteiger partial charge is 0.497 e. The minimum absolute atomic E-state index is 0.148. The smallest absolute Gasteiger partial charge is 0.178 e. The standard InChI is InChI=1S/C44H34O3/c1-43(2)38-16-10-9-14-33(38)34-22-19-28(25-39(34)43)44(27-17-20-29(45-3)21-18-27)24-23-36-40(46-4)26-37-32-13-6-5-11-30(32)31-12-7-8-15-35(31)41(37)42(36)47-44/h5-26H,1-4H3. The SMILES string of the molecule is COc1ccc(C2(c3ccc4c(c3)C(C)(C)c3ccccc3-4)C=Cc3c(OC)cc4c5ccccc5c5ccccc5c4c3O2)cc1. The molecule has 1 atom stereocenters. The molecule has 1 unspecified atom stereocenters. The topological polar surface area (TPSA) is 27.7 Å². The van der Waals surface area contributed by atoms with Crippen LogP contribution in [0.5, 0.6) is 17.2 Å². The lowest BCUT2D eigenvalue weighted by atomic mass is 9.78. The summed E-state index contributed by atoms with van der Waals surface area (Å²) in [6.07, 6.45) is 4.39. The predicted octanol–water partition coefficient (Wildman–Crippen LogP) is 10.8. The van der Waals surface area contributed by atoms with Gasteiger partial charge in [0.15, 0.2) is 5.60 Å². The van der Waals surface area contributed by atoms with Crippen LogP contribution in [-0.4, -0.2) is 14.2 Å². The monoisotopic (exact) mass is 610 g/mol. The van der Waals surface area contributed by atoms with E-state index in [1.165, 1.54) is 38.4 Å². The molecule has 0 bridgehead atoms. The molecule has 1 aliphatic heterocycles. The van der Waals surface area contributed by atoms with Crippen LogP contribution in [0.25, 0.3) is 49.5 Å². The molecular formula is C44H34O3. The Balaban J connectivity index is 1.36. The number of ether oxygens (including phenoxy) is 3. The maximum Gasteiger partial charge on any atom is 0.178 e. The number of hydrogen-bond acceptors (Lipinski definition) is 3. The van der Waals surface area contributed by atoms with Crippen LogP contribution in [0.3, 0.4) is 0 Å². The average molecular weight is 611 g/mol. The Labute approximate surface area is 274 Å². The van der Waals surface area contributed by atoms with Crippen LogP contribution in [0.4, 0.5) is 0 Å². The summed E-state index contributed by atoms with van der Waals surface area (Å²) in [6.45, 7) is 4.65. The molecule has 47 heavy (non-hydrogen) atoms. The zero-order valence-corrected chi connectivity index (χ0v) is 26.9. The molecule has 0 amide bonds. The van der Waals surface area contributed by atoms with E-state index in [0.717, 1.165) is 50.1 Å². The van der Waals surface area contributed by atoms with Crippen LogP contribution in [0.2, 0.25) is 0 Å². The van der Waals surface area contributed by atoms with Gasteiger partial charge in [0.2, 0.25) is 0 Å². The lowest BCUT2D eigenvalue weighted by molar-refractivity contribution is 0.163. The van der Waals surface area contributed by atoms with Crippen LogP contribution in [0.1, 0.15) is 41.7 Å². The Morgan fingerprint density at radius 2 is 1.17 bits per heavy atom. The first-order valence-corrected chi connectivity index (χ1v) is 16.2. The van der Waals surface area contributed by atoms with Gasteiger partial charge in [-0.1, -0.05) is 111 Å². The molecule has 0 fully saturated rings. The van der Waals surface area contributed by atoms with Gasteiger partial charge in [0.05, 0.1) is 19.8 Å². The summed E-state index contributed by atoms with van der Waals surface area (Å²) in [4.78, 5) is 0. The second kappa shape index (κ2) is 9.98. The first-order chi connectivity index (χ1) is 22.9. The highest BCUT2D eigenvalue weighted by Gasteiger charge is 2.42. The van der Waals surface area contributed by atoms with Crippen molar-refractivity contribution in [3.8, 4) is 28.4 Å². The first-order valence-electron chi connectivity index (χ1n) is 16.2. The van der Waals surface area contributed by atoms with Crippen LogP contribution < -0.4 is 14.2 Å². The van der Waals surface area contributed by atoms with Crippen molar-refractivity contribution in [2.45, 2.75) is 24.9 Å². The highest BCUT2D eigenvalue weighted by molar-refractivity contribution is 6.27. The van der Waals surface area contributed by atoms with E-state index in [9.17, 15) is 0 Å². The molecule has 0 saturated heterocycles. The van der Waals surface area contributed by atoms with Crippen molar-refractivity contribution in [2.24, 2.45) is 0 Å². The molecule has 7 aromatic rings. The summed E-state index contributed by atoms with van der Waals surface area (Å²) >= 11 is 0. The highest BCUT2D eigenvalue weighted by Crippen LogP contribution is 2.54. The minimum Gasteiger partial charge on any atom is -0.497 e. The van der Waals surface area contributed by atoms with Gasteiger partial charge in [-0.05, 0) is 85.6 Å². The van der Waals surface area contributed by atoms with Gasteiger partial charge >= 0.3 is 0 Å². The minimum atomic E-state index is -0.912. The van der Waals surface area contributed by atoms with Gasteiger partial charge in [-0.2, -0.15) is 0 Å². The van der Waals surface area contributed by atoms with Crippen molar-refractivity contribution in [1.29, 1.82) is 0 Å². The second-order valence-corrected chi connectivity index (χ2v) is 13.2. The third-order valence-corrected chi connectivity index (χ3v) is 10.5. The molecule has 0 saturated carbocycles. The lowest BCUT2D eigenvalue weighted by Crippen LogP contribution is -2.35. The van der Waals surface area contributed by atoms with Crippen LogP contribution >= 0.6 is 0 Å². The third-order valence-electron chi connectivity index (χ3n) is 10.5. The second-order valence-electron chi connectivity index (χ2n) is 13.2. The molecule has 1 aliphatic carbocycles. The van der Waals surface area contributed by atoms with Gasteiger partial charge < -0.3 is 14.2 Å². The van der Waals surface area contributed by atoms with E-state index in [1.54, 1.807) is 14.2 Å². The molecule has 0 spiro atoms. The van der Waals surface area contributed by atoms with Gasteiger partial charge in [0.1, 0.15) is 17.2 Å². The summed E-state index contributed by atoms with van der Waals surface area (Å²) in [7, 11) is 3.44.